The first kappa shape index (κ1) is 19.4. The van der Waals surface area contributed by atoms with Gasteiger partial charge in [0.15, 0.2) is 0 Å². The number of carbonyl (C=O) groups excluding carboxylic acids is 1. The van der Waals surface area contributed by atoms with Crippen molar-refractivity contribution < 1.29 is 13.2 Å². The zero-order valence-corrected chi connectivity index (χ0v) is 17.9. The smallest absolute Gasteiger partial charge is 0.270 e. The maximum atomic E-state index is 12.8. The number of rotatable bonds is 3. The highest BCUT2D eigenvalue weighted by Crippen LogP contribution is 2.23. The molecule has 0 aliphatic carbocycles. The molecule has 1 aliphatic rings. The lowest BCUT2D eigenvalue weighted by molar-refractivity contribution is 0.0693. The number of hydrogen-bond donors (Lipinski definition) is 1. The van der Waals surface area contributed by atoms with Crippen LogP contribution in [-0.4, -0.2) is 54.7 Å². The second-order valence-electron chi connectivity index (χ2n) is 6.56. The van der Waals surface area contributed by atoms with Crippen LogP contribution >= 0.6 is 27.5 Å². The topological polar surface area (TPSA) is 73.5 Å². The van der Waals surface area contributed by atoms with Gasteiger partial charge in [-0.05, 0) is 48.5 Å². The summed E-state index contributed by atoms with van der Waals surface area (Å²) in [5.41, 5.74) is 1.31. The molecule has 9 heteroatoms. The second kappa shape index (κ2) is 7.51. The lowest BCUT2D eigenvalue weighted by atomic mass is 10.2. The van der Waals surface area contributed by atoms with Crippen molar-refractivity contribution in [3.8, 4) is 0 Å². The van der Waals surface area contributed by atoms with Crippen molar-refractivity contribution in [3.05, 3.63) is 63.7 Å². The van der Waals surface area contributed by atoms with E-state index in [4.69, 9.17) is 11.6 Å². The molecule has 146 valence electrons. The number of sulfonamides is 1. The van der Waals surface area contributed by atoms with Crippen LogP contribution in [0.25, 0.3) is 10.9 Å². The van der Waals surface area contributed by atoms with E-state index in [1.54, 1.807) is 47.4 Å². The SMILES string of the molecule is O=C(c1cc2cc(Cl)ccc2[nH]1)N1CCN(S(=O)(=O)c2ccc(Br)cc2)CC1. The highest BCUT2D eigenvalue weighted by Gasteiger charge is 2.30. The van der Waals surface area contributed by atoms with Crippen LogP contribution in [-0.2, 0) is 10.0 Å². The number of aromatic amines is 1. The zero-order chi connectivity index (χ0) is 19.9. The molecule has 1 fully saturated rings. The van der Waals surface area contributed by atoms with Gasteiger partial charge in [0.1, 0.15) is 5.69 Å². The molecule has 1 aliphatic heterocycles. The molecule has 0 spiro atoms. The van der Waals surface area contributed by atoms with Gasteiger partial charge >= 0.3 is 0 Å². The number of amides is 1. The average molecular weight is 483 g/mol. The van der Waals surface area contributed by atoms with Gasteiger partial charge in [0.05, 0.1) is 4.90 Å². The van der Waals surface area contributed by atoms with E-state index in [2.05, 4.69) is 20.9 Å². The van der Waals surface area contributed by atoms with E-state index >= 15 is 0 Å². The van der Waals surface area contributed by atoms with E-state index < -0.39 is 10.0 Å². The Kier molecular flexibility index (Phi) is 5.22. The summed E-state index contributed by atoms with van der Waals surface area (Å²) in [6.07, 6.45) is 0. The molecule has 0 atom stereocenters. The molecule has 6 nitrogen and oxygen atoms in total. The van der Waals surface area contributed by atoms with Crippen molar-refractivity contribution in [1.82, 2.24) is 14.2 Å². The van der Waals surface area contributed by atoms with Crippen LogP contribution in [0.1, 0.15) is 10.5 Å². The van der Waals surface area contributed by atoms with E-state index in [0.717, 1.165) is 15.4 Å². The monoisotopic (exact) mass is 481 g/mol. The van der Waals surface area contributed by atoms with E-state index in [-0.39, 0.29) is 23.9 Å². The van der Waals surface area contributed by atoms with Gasteiger partial charge < -0.3 is 9.88 Å². The molecule has 0 radical (unpaired) electrons. The highest BCUT2D eigenvalue weighted by molar-refractivity contribution is 9.10. The number of nitrogens with one attached hydrogen (secondary N) is 1. The minimum Gasteiger partial charge on any atom is -0.351 e. The molecule has 3 aromatic rings. The van der Waals surface area contributed by atoms with Gasteiger partial charge in [-0.25, -0.2) is 8.42 Å². The van der Waals surface area contributed by atoms with Crippen molar-refractivity contribution in [2.45, 2.75) is 4.90 Å². The lowest BCUT2D eigenvalue weighted by Crippen LogP contribution is -2.50. The van der Waals surface area contributed by atoms with Gasteiger partial charge in [-0.3, -0.25) is 4.79 Å². The normalized spacial score (nSPS) is 15.9. The minimum atomic E-state index is -3.57. The fourth-order valence-corrected chi connectivity index (χ4v) is 5.14. The molecule has 0 saturated carbocycles. The maximum Gasteiger partial charge on any atom is 0.270 e. The third-order valence-electron chi connectivity index (χ3n) is 4.79. The van der Waals surface area contributed by atoms with Gasteiger partial charge in [0, 0.05) is 46.6 Å². The van der Waals surface area contributed by atoms with E-state index in [1.807, 2.05) is 6.07 Å². The number of carbonyl (C=O) groups is 1. The fourth-order valence-electron chi connectivity index (χ4n) is 3.28. The summed E-state index contributed by atoms with van der Waals surface area (Å²) in [7, 11) is -3.57. The van der Waals surface area contributed by atoms with Crippen molar-refractivity contribution >= 4 is 54.4 Å². The van der Waals surface area contributed by atoms with Gasteiger partial charge in [-0.2, -0.15) is 4.31 Å². The van der Waals surface area contributed by atoms with Crippen LogP contribution in [0.15, 0.2) is 57.9 Å². The predicted octanol–water partition coefficient (Wildman–Crippen LogP) is 3.73. The van der Waals surface area contributed by atoms with Crippen molar-refractivity contribution in [3.63, 3.8) is 0 Å². The summed E-state index contributed by atoms with van der Waals surface area (Å²) in [5, 5.41) is 1.48. The molecule has 0 bridgehead atoms. The van der Waals surface area contributed by atoms with Crippen molar-refractivity contribution in [2.75, 3.05) is 26.2 Å². The summed E-state index contributed by atoms with van der Waals surface area (Å²) in [5.74, 6) is -0.145. The predicted molar refractivity (Wildman–Crippen MR) is 112 cm³/mol. The first-order chi connectivity index (χ1) is 13.3. The molecular formula is C19H17BrClN3O3S. The van der Waals surface area contributed by atoms with Crippen LogP contribution in [0.4, 0.5) is 0 Å². The number of fused-ring (bicyclic) bond motifs is 1. The first-order valence-electron chi connectivity index (χ1n) is 8.68. The Hall–Kier alpha value is -1.87. The Bertz CT molecular complexity index is 1140. The van der Waals surface area contributed by atoms with Crippen molar-refractivity contribution in [1.29, 1.82) is 0 Å². The Morgan fingerprint density at radius 3 is 2.36 bits per heavy atom. The van der Waals surface area contributed by atoms with Crippen LogP contribution in [0.3, 0.4) is 0 Å². The molecule has 1 amide bonds. The Morgan fingerprint density at radius 1 is 1.00 bits per heavy atom. The average Bonchev–Trinajstić information content (AvgIpc) is 3.11. The molecule has 2 heterocycles. The van der Waals surface area contributed by atoms with Gasteiger partial charge in [-0.1, -0.05) is 27.5 Å². The second-order valence-corrected chi connectivity index (χ2v) is 9.85. The van der Waals surface area contributed by atoms with Crippen molar-refractivity contribution in [2.24, 2.45) is 0 Å². The number of benzene rings is 2. The summed E-state index contributed by atoms with van der Waals surface area (Å²) in [4.78, 5) is 17.8. The molecule has 0 unspecified atom stereocenters. The number of aromatic nitrogens is 1. The Balaban J connectivity index is 1.47. The fraction of sp³-hybridized carbons (Fsp3) is 0.211. The van der Waals surface area contributed by atoms with Gasteiger partial charge in [-0.15, -0.1) is 0 Å². The molecule has 28 heavy (non-hydrogen) atoms. The third-order valence-corrected chi connectivity index (χ3v) is 7.47. The molecule has 2 aromatic carbocycles. The number of halogens is 2. The summed E-state index contributed by atoms with van der Waals surface area (Å²) >= 11 is 9.31. The molecule has 1 saturated heterocycles. The highest BCUT2D eigenvalue weighted by atomic mass is 79.9. The van der Waals surface area contributed by atoms with Crippen LogP contribution in [0.2, 0.25) is 5.02 Å². The van der Waals surface area contributed by atoms with Gasteiger partial charge in [0.2, 0.25) is 10.0 Å². The summed E-state index contributed by atoms with van der Waals surface area (Å²) < 4.78 is 27.8. The molecular weight excluding hydrogens is 466 g/mol. The minimum absolute atomic E-state index is 0.145. The zero-order valence-electron chi connectivity index (χ0n) is 14.7. The number of piperazine rings is 1. The van der Waals surface area contributed by atoms with E-state index in [1.165, 1.54) is 4.31 Å². The standard InChI is InChI=1S/C19H17BrClN3O3S/c20-14-1-4-16(5-2-14)28(26,27)24-9-7-23(8-10-24)19(25)18-12-13-11-15(21)3-6-17(13)22-18/h1-6,11-12,22H,7-10H2. The van der Waals surface area contributed by atoms with E-state index in [9.17, 15) is 13.2 Å². The Labute approximate surface area is 176 Å². The van der Waals surface area contributed by atoms with Crippen LogP contribution < -0.4 is 0 Å². The lowest BCUT2D eigenvalue weighted by Gasteiger charge is -2.33. The first-order valence-corrected chi connectivity index (χ1v) is 11.3. The largest absolute Gasteiger partial charge is 0.351 e. The maximum absolute atomic E-state index is 12.8. The molecule has 1 N–H and O–H groups in total. The molecule has 4 rings (SSSR count). The third kappa shape index (κ3) is 3.69. The molecule has 1 aromatic heterocycles. The number of hydrogen-bond acceptors (Lipinski definition) is 3. The summed E-state index contributed by atoms with van der Waals surface area (Å²) in [6.45, 7) is 1.20. The van der Waals surface area contributed by atoms with Gasteiger partial charge in [0.25, 0.3) is 5.91 Å². The van der Waals surface area contributed by atoms with E-state index in [0.29, 0.717) is 23.8 Å². The Morgan fingerprint density at radius 2 is 1.68 bits per heavy atom. The number of H-pyrrole nitrogens is 1. The number of nitrogens with zero attached hydrogens (tertiary/aromatic N) is 2. The summed E-state index contributed by atoms with van der Waals surface area (Å²) in [6, 6.07) is 13.7. The van der Waals surface area contributed by atoms with Crippen LogP contribution in [0, 0.1) is 0 Å². The quantitative estimate of drug-likeness (QED) is 0.618. The van der Waals surface area contributed by atoms with Crippen LogP contribution in [0.5, 0.6) is 0 Å².